The number of carbonyl (C=O) groups excluding carboxylic acids is 1. The normalized spacial score (nSPS) is 12.5. The highest BCUT2D eigenvalue weighted by atomic mass is 19.1. The summed E-state index contributed by atoms with van der Waals surface area (Å²) in [6.45, 7) is 6.79. The molecule has 0 saturated heterocycles. The number of hydrogen-bond acceptors (Lipinski definition) is 2. The zero-order valence-corrected chi connectivity index (χ0v) is 11.9. The largest absolute Gasteiger partial charge is 0.330 e. The molecular formula is C15H23FN2O. The molecule has 1 aromatic rings. The molecule has 3 nitrogen and oxygen atoms in total. The summed E-state index contributed by atoms with van der Waals surface area (Å²) < 4.78 is 13.9. The summed E-state index contributed by atoms with van der Waals surface area (Å²) in [6.07, 6.45) is 0.658. The Morgan fingerprint density at radius 2 is 1.95 bits per heavy atom. The van der Waals surface area contributed by atoms with Crippen LogP contribution >= 0.6 is 0 Å². The van der Waals surface area contributed by atoms with Crippen molar-refractivity contribution in [3.05, 3.63) is 30.1 Å². The number of amides is 1. The van der Waals surface area contributed by atoms with Crippen molar-refractivity contribution in [3.63, 3.8) is 0 Å². The van der Waals surface area contributed by atoms with Crippen LogP contribution in [0.15, 0.2) is 24.3 Å². The van der Waals surface area contributed by atoms with Gasteiger partial charge in [0.2, 0.25) is 5.91 Å². The van der Waals surface area contributed by atoms with Gasteiger partial charge in [-0.1, -0.05) is 32.9 Å². The maximum Gasteiger partial charge on any atom is 0.230 e. The van der Waals surface area contributed by atoms with E-state index < -0.39 is 0 Å². The molecule has 0 aromatic heterocycles. The predicted molar refractivity (Wildman–Crippen MR) is 76.4 cm³/mol. The smallest absolute Gasteiger partial charge is 0.230 e. The number of para-hydroxylation sites is 1. The molecule has 0 aliphatic heterocycles. The van der Waals surface area contributed by atoms with Crippen molar-refractivity contribution in [2.75, 3.05) is 18.0 Å². The van der Waals surface area contributed by atoms with Gasteiger partial charge in [0.1, 0.15) is 5.82 Å². The molecule has 19 heavy (non-hydrogen) atoms. The molecule has 1 aromatic carbocycles. The second-order valence-corrected chi connectivity index (χ2v) is 5.12. The van der Waals surface area contributed by atoms with Gasteiger partial charge in [0, 0.05) is 12.5 Å². The summed E-state index contributed by atoms with van der Waals surface area (Å²) in [5.74, 6) is -0.339. The first kappa shape index (κ1) is 15.6. The first-order valence-electron chi connectivity index (χ1n) is 6.75. The van der Waals surface area contributed by atoms with Crippen LogP contribution in [-0.2, 0) is 4.79 Å². The molecule has 0 bridgehead atoms. The maximum absolute atomic E-state index is 13.9. The van der Waals surface area contributed by atoms with Gasteiger partial charge >= 0.3 is 0 Å². The van der Waals surface area contributed by atoms with E-state index in [1.165, 1.54) is 11.0 Å². The van der Waals surface area contributed by atoms with Crippen molar-refractivity contribution in [2.24, 2.45) is 17.6 Å². The van der Waals surface area contributed by atoms with E-state index in [4.69, 9.17) is 5.73 Å². The molecule has 0 spiro atoms. The average molecular weight is 266 g/mol. The van der Waals surface area contributed by atoms with Crippen LogP contribution in [0, 0.1) is 17.7 Å². The maximum atomic E-state index is 13.9. The molecule has 4 heteroatoms. The molecule has 0 aliphatic rings. The number of hydrogen-bond donors (Lipinski definition) is 1. The number of nitrogens with two attached hydrogens (primary N) is 1. The molecular weight excluding hydrogens is 243 g/mol. The van der Waals surface area contributed by atoms with E-state index in [1.54, 1.807) is 18.2 Å². The van der Waals surface area contributed by atoms with Gasteiger partial charge in [-0.25, -0.2) is 4.39 Å². The Labute approximate surface area is 114 Å². The van der Waals surface area contributed by atoms with Gasteiger partial charge in [0.25, 0.3) is 0 Å². The number of nitrogens with zero attached hydrogens (tertiary/aromatic N) is 1. The van der Waals surface area contributed by atoms with Gasteiger partial charge in [-0.05, 0) is 31.0 Å². The van der Waals surface area contributed by atoms with Crippen LogP contribution < -0.4 is 10.6 Å². The second-order valence-electron chi connectivity index (χ2n) is 5.12. The van der Waals surface area contributed by atoms with E-state index in [0.717, 1.165) is 0 Å². The summed E-state index contributed by atoms with van der Waals surface area (Å²) in [5.41, 5.74) is 5.84. The minimum absolute atomic E-state index is 0.0476. The first-order valence-corrected chi connectivity index (χ1v) is 6.75. The van der Waals surface area contributed by atoms with Gasteiger partial charge in [0.05, 0.1) is 5.69 Å². The zero-order chi connectivity index (χ0) is 14.4. The average Bonchev–Trinajstić information content (AvgIpc) is 2.39. The van der Waals surface area contributed by atoms with Gasteiger partial charge in [-0.15, -0.1) is 0 Å². The van der Waals surface area contributed by atoms with Crippen LogP contribution in [0.4, 0.5) is 10.1 Å². The van der Waals surface area contributed by atoms with E-state index in [2.05, 4.69) is 0 Å². The molecule has 2 N–H and O–H groups in total. The quantitative estimate of drug-likeness (QED) is 0.860. The summed E-state index contributed by atoms with van der Waals surface area (Å²) in [7, 11) is 0. The Hall–Kier alpha value is -1.42. The monoisotopic (exact) mass is 266 g/mol. The highest BCUT2D eigenvalue weighted by Gasteiger charge is 2.25. The molecule has 1 amide bonds. The summed E-state index contributed by atoms with van der Waals surface area (Å²) in [6, 6.07) is 6.37. The standard InChI is InChI=1S/C15H23FN2O/c1-11(2)12(3)15(19)18(10-6-9-17)14-8-5-4-7-13(14)16/h4-5,7-8,11-12H,6,9-10,17H2,1-3H3. The third-order valence-corrected chi connectivity index (χ3v) is 3.38. The van der Waals surface area contributed by atoms with Crippen molar-refractivity contribution >= 4 is 11.6 Å². The highest BCUT2D eigenvalue weighted by molar-refractivity contribution is 5.95. The molecule has 1 atom stereocenters. The fourth-order valence-electron chi connectivity index (χ4n) is 1.80. The molecule has 0 saturated carbocycles. The minimum atomic E-state index is -0.371. The Kier molecular flexibility index (Phi) is 5.96. The van der Waals surface area contributed by atoms with E-state index in [9.17, 15) is 9.18 Å². The molecule has 1 unspecified atom stereocenters. The number of rotatable bonds is 6. The van der Waals surface area contributed by atoms with Gasteiger partial charge in [-0.3, -0.25) is 4.79 Å². The predicted octanol–water partition coefficient (Wildman–Crippen LogP) is 2.80. The van der Waals surface area contributed by atoms with Crippen molar-refractivity contribution < 1.29 is 9.18 Å². The van der Waals surface area contributed by atoms with Gasteiger partial charge in [-0.2, -0.15) is 0 Å². The van der Waals surface area contributed by atoms with Crippen LogP contribution in [0.3, 0.4) is 0 Å². The summed E-state index contributed by atoms with van der Waals surface area (Å²) >= 11 is 0. The van der Waals surface area contributed by atoms with Gasteiger partial charge < -0.3 is 10.6 Å². The summed E-state index contributed by atoms with van der Waals surface area (Å²) in [4.78, 5) is 14.0. The Balaban J connectivity index is 3.01. The Morgan fingerprint density at radius 3 is 2.47 bits per heavy atom. The Morgan fingerprint density at radius 1 is 1.32 bits per heavy atom. The van der Waals surface area contributed by atoms with E-state index in [0.29, 0.717) is 25.2 Å². The van der Waals surface area contributed by atoms with Crippen LogP contribution in [0.25, 0.3) is 0 Å². The lowest BCUT2D eigenvalue weighted by Crippen LogP contribution is -2.39. The van der Waals surface area contributed by atoms with Crippen LogP contribution in [0.2, 0.25) is 0 Å². The Bertz CT molecular complexity index is 420. The number of anilines is 1. The van der Waals surface area contributed by atoms with E-state index in [1.807, 2.05) is 20.8 Å². The fourth-order valence-corrected chi connectivity index (χ4v) is 1.80. The highest BCUT2D eigenvalue weighted by Crippen LogP contribution is 2.23. The van der Waals surface area contributed by atoms with E-state index in [-0.39, 0.29) is 23.6 Å². The molecule has 106 valence electrons. The number of halogens is 1. The van der Waals surface area contributed by atoms with Crippen molar-refractivity contribution in [3.8, 4) is 0 Å². The SMILES string of the molecule is CC(C)C(C)C(=O)N(CCCN)c1ccccc1F. The lowest BCUT2D eigenvalue weighted by molar-refractivity contribution is -0.123. The number of benzene rings is 1. The topological polar surface area (TPSA) is 46.3 Å². The lowest BCUT2D eigenvalue weighted by atomic mass is 9.96. The van der Waals surface area contributed by atoms with Crippen LogP contribution in [0.5, 0.6) is 0 Å². The van der Waals surface area contributed by atoms with Gasteiger partial charge in [0.15, 0.2) is 0 Å². The molecule has 1 rings (SSSR count). The van der Waals surface area contributed by atoms with E-state index >= 15 is 0 Å². The van der Waals surface area contributed by atoms with Crippen LogP contribution in [0.1, 0.15) is 27.2 Å². The molecule has 0 radical (unpaired) electrons. The second kappa shape index (κ2) is 7.24. The van der Waals surface area contributed by atoms with Crippen LogP contribution in [-0.4, -0.2) is 19.0 Å². The molecule has 0 fully saturated rings. The van der Waals surface area contributed by atoms with Crippen molar-refractivity contribution in [1.82, 2.24) is 0 Å². The molecule has 0 aliphatic carbocycles. The fraction of sp³-hybridized carbons (Fsp3) is 0.533. The third kappa shape index (κ3) is 4.03. The lowest BCUT2D eigenvalue weighted by Gasteiger charge is -2.27. The number of carbonyl (C=O) groups is 1. The zero-order valence-electron chi connectivity index (χ0n) is 11.9. The molecule has 0 heterocycles. The third-order valence-electron chi connectivity index (χ3n) is 3.38. The first-order chi connectivity index (χ1) is 8.99. The summed E-state index contributed by atoms with van der Waals surface area (Å²) in [5, 5.41) is 0. The van der Waals surface area contributed by atoms with Crippen molar-refractivity contribution in [2.45, 2.75) is 27.2 Å². The van der Waals surface area contributed by atoms with Crippen molar-refractivity contribution in [1.29, 1.82) is 0 Å². The minimum Gasteiger partial charge on any atom is -0.330 e.